The van der Waals surface area contributed by atoms with Gasteiger partial charge >= 0.3 is 5.97 Å². The Hall–Kier alpha value is -3.55. The molecule has 264 valence electrons. The van der Waals surface area contributed by atoms with Crippen LogP contribution in [0.5, 0.6) is 0 Å². The number of carbonyl (C=O) groups is 1. The van der Waals surface area contributed by atoms with Crippen LogP contribution in [-0.2, 0) is 4.79 Å². The van der Waals surface area contributed by atoms with Crippen molar-refractivity contribution in [3.8, 4) is 0 Å². The van der Waals surface area contributed by atoms with E-state index in [4.69, 9.17) is 9.97 Å². The van der Waals surface area contributed by atoms with Gasteiger partial charge in [0.05, 0.1) is 35.7 Å². The second-order valence-electron chi connectivity index (χ2n) is 13.6. The molecule has 2 fully saturated rings. The molecule has 2 aliphatic heterocycles. The number of hydrogen-bond acceptors (Lipinski definition) is 8. The molecule has 0 amide bonds. The predicted octanol–water partition coefficient (Wildman–Crippen LogP) is 6.15. The van der Waals surface area contributed by atoms with Crippen LogP contribution in [0, 0.1) is 0 Å². The van der Waals surface area contributed by atoms with Crippen LogP contribution in [0.4, 0.5) is 0 Å². The van der Waals surface area contributed by atoms with Crippen LogP contribution in [-0.4, -0.2) is 119 Å². The standard InChI is InChI=1S/C20H20BrN3O2.C20H22BrN3O/c1-23-6-8-24(9-7-23)19-16-5-3-2-4-15(16)17(20(25)26)11-13-10-14(21)12-22-18(13)19;1-23-6-8-24(9-7-23)20-18-5-3-2-4-17(18)15(13-25)10-14-11-16(21)12-22-19(14)20/h2-5,10-12,19H,6-9H2,1H3,(H,25,26);2-5,10-12,20,25H,6-9,13H2,1H3. The van der Waals surface area contributed by atoms with Crippen molar-refractivity contribution >= 4 is 61.1 Å². The Morgan fingerprint density at radius 3 is 1.65 bits per heavy atom. The second kappa shape index (κ2) is 15.6. The Bertz CT molecular complexity index is 1980. The van der Waals surface area contributed by atoms with Crippen molar-refractivity contribution < 1.29 is 15.0 Å². The van der Waals surface area contributed by atoms with Gasteiger partial charge in [-0.3, -0.25) is 19.8 Å². The molecule has 0 bridgehead atoms. The summed E-state index contributed by atoms with van der Waals surface area (Å²) < 4.78 is 1.81. The molecule has 2 aromatic carbocycles. The van der Waals surface area contributed by atoms with Gasteiger partial charge in [0, 0.05) is 73.7 Å². The van der Waals surface area contributed by atoms with E-state index in [1.54, 1.807) is 12.3 Å². The molecule has 2 aromatic heterocycles. The van der Waals surface area contributed by atoms with Gasteiger partial charge in [-0.05, 0) is 109 Å². The van der Waals surface area contributed by atoms with E-state index in [1.165, 1.54) is 5.56 Å². The molecule has 2 atom stereocenters. The third-order valence-corrected chi connectivity index (χ3v) is 11.2. The topological polar surface area (TPSA) is 96.3 Å². The number of carboxylic acids is 1. The first-order valence-electron chi connectivity index (χ1n) is 17.3. The van der Waals surface area contributed by atoms with Gasteiger partial charge < -0.3 is 20.0 Å². The number of aliphatic hydroxyl groups excluding tert-OH is 1. The van der Waals surface area contributed by atoms with E-state index < -0.39 is 5.97 Å². The molecule has 0 saturated carbocycles. The summed E-state index contributed by atoms with van der Waals surface area (Å²) in [6.45, 7) is 8.01. The molecular weight excluding hydrogens is 772 g/mol. The van der Waals surface area contributed by atoms with E-state index in [0.29, 0.717) is 5.57 Å². The first-order chi connectivity index (χ1) is 24.7. The summed E-state index contributed by atoms with van der Waals surface area (Å²) in [5, 5.41) is 19.8. The lowest BCUT2D eigenvalue weighted by atomic mass is 9.93. The molecule has 2 saturated heterocycles. The minimum Gasteiger partial charge on any atom is -0.478 e. The van der Waals surface area contributed by atoms with Gasteiger partial charge in [-0.15, -0.1) is 0 Å². The van der Waals surface area contributed by atoms with Crippen LogP contribution in [0.15, 0.2) is 82.0 Å². The minimum absolute atomic E-state index is 0.0262. The lowest BCUT2D eigenvalue weighted by Crippen LogP contribution is -2.46. The van der Waals surface area contributed by atoms with Gasteiger partial charge in [-0.1, -0.05) is 48.5 Å². The number of aliphatic carboxylic acids is 1. The number of benzene rings is 2. The van der Waals surface area contributed by atoms with Crippen LogP contribution >= 0.6 is 31.9 Å². The zero-order valence-electron chi connectivity index (χ0n) is 28.8. The van der Waals surface area contributed by atoms with Crippen molar-refractivity contribution in [1.82, 2.24) is 29.6 Å². The third kappa shape index (κ3) is 7.52. The van der Waals surface area contributed by atoms with Gasteiger partial charge in [-0.25, -0.2) is 4.79 Å². The van der Waals surface area contributed by atoms with E-state index in [9.17, 15) is 15.0 Å². The normalized spacial score (nSPS) is 21.0. The molecule has 2 unspecified atom stereocenters. The predicted molar refractivity (Wildman–Crippen MR) is 209 cm³/mol. The van der Waals surface area contributed by atoms with Crippen LogP contribution in [0.2, 0.25) is 0 Å². The number of likely N-dealkylation sites (N-methyl/N-ethyl adjacent to an activating group) is 2. The number of fused-ring (bicyclic) bond motifs is 4. The highest BCUT2D eigenvalue weighted by Gasteiger charge is 2.34. The number of aromatic nitrogens is 2. The minimum atomic E-state index is -0.914. The fourth-order valence-corrected chi connectivity index (χ4v) is 8.33. The van der Waals surface area contributed by atoms with Gasteiger partial charge in [0.1, 0.15) is 0 Å². The van der Waals surface area contributed by atoms with Gasteiger partial charge in [-0.2, -0.15) is 0 Å². The molecule has 4 heterocycles. The first kappa shape index (κ1) is 35.8. The lowest BCUT2D eigenvalue weighted by molar-refractivity contribution is -0.130. The Morgan fingerprint density at radius 1 is 0.706 bits per heavy atom. The largest absolute Gasteiger partial charge is 0.478 e. The smallest absolute Gasteiger partial charge is 0.336 e. The quantitative estimate of drug-likeness (QED) is 0.252. The van der Waals surface area contributed by atoms with E-state index >= 15 is 0 Å². The average Bonchev–Trinajstić information content (AvgIpc) is 3.37. The Morgan fingerprint density at radius 2 is 1.16 bits per heavy atom. The molecule has 0 spiro atoms. The summed E-state index contributed by atoms with van der Waals surface area (Å²) in [5.41, 5.74) is 9.36. The summed E-state index contributed by atoms with van der Waals surface area (Å²) >= 11 is 7.01. The van der Waals surface area contributed by atoms with Gasteiger partial charge in [0.15, 0.2) is 0 Å². The lowest BCUT2D eigenvalue weighted by Gasteiger charge is -2.38. The maximum absolute atomic E-state index is 12.0. The maximum Gasteiger partial charge on any atom is 0.336 e. The molecule has 2 N–H and O–H groups in total. The van der Waals surface area contributed by atoms with Crippen LogP contribution in [0.3, 0.4) is 0 Å². The van der Waals surface area contributed by atoms with Crippen molar-refractivity contribution in [3.63, 3.8) is 0 Å². The van der Waals surface area contributed by atoms with Crippen LogP contribution in [0.25, 0.3) is 23.3 Å². The summed E-state index contributed by atoms with van der Waals surface area (Å²) in [6, 6.07) is 20.4. The Balaban J connectivity index is 0.000000159. The van der Waals surface area contributed by atoms with Crippen molar-refractivity contribution in [2.75, 3.05) is 73.1 Å². The van der Waals surface area contributed by atoms with Crippen molar-refractivity contribution in [3.05, 3.63) is 127 Å². The maximum atomic E-state index is 12.0. The first-order valence-corrected chi connectivity index (χ1v) is 18.9. The molecular formula is C40H42Br2N6O3. The SMILES string of the molecule is CN1CCN(C2c3ccccc3C(C(=O)O)=Cc3cc(Br)cnc32)CC1.CN1CCN(C2c3ccccc3C(CO)=Cc3cc(Br)cnc32)CC1. The van der Waals surface area contributed by atoms with Crippen LogP contribution < -0.4 is 0 Å². The summed E-state index contributed by atoms with van der Waals surface area (Å²) in [6.07, 6.45) is 7.51. The van der Waals surface area contributed by atoms with E-state index in [1.807, 2.05) is 42.6 Å². The number of carboxylic acid groups (broad SMARTS) is 1. The highest BCUT2D eigenvalue weighted by molar-refractivity contribution is 9.10. The number of aliphatic hydroxyl groups is 1. The number of piperazine rings is 2. The molecule has 8 rings (SSSR count). The summed E-state index contributed by atoms with van der Waals surface area (Å²) in [4.78, 5) is 31.1. The van der Waals surface area contributed by atoms with Crippen molar-refractivity contribution in [2.45, 2.75) is 12.1 Å². The molecule has 4 aromatic rings. The van der Waals surface area contributed by atoms with Gasteiger partial charge in [0.25, 0.3) is 0 Å². The molecule has 51 heavy (non-hydrogen) atoms. The molecule has 4 aliphatic rings. The third-order valence-electron chi connectivity index (χ3n) is 10.3. The number of nitrogens with zero attached hydrogens (tertiary/aromatic N) is 6. The molecule has 11 heteroatoms. The van der Waals surface area contributed by atoms with Crippen LogP contribution in [0.1, 0.15) is 56.9 Å². The molecule has 9 nitrogen and oxygen atoms in total. The fraction of sp³-hybridized carbons (Fsp3) is 0.325. The zero-order valence-corrected chi connectivity index (χ0v) is 32.0. The highest BCUT2D eigenvalue weighted by Crippen LogP contribution is 2.41. The highest BCUT2D eigenvalue weighted by atomic mass is 79.9. The Labute approximate surface area is 316 Å². The second-order valence-corrected chi connectivity index (χ2v) is 15.4. The van der Waals surface area contributed by atoms with E-state index in [2.05, 4.69) is 95.9 Å². The number of pyridine rings is 2. The zero-order chi connectivity index (χ0) is 35.6. The van der Waals surface area contributed by atoms with Gasteiger partial charge in [0.2, 0.25) is 0 Å². The average molecular weight is 815 g/mol. The van der Waals surface area contributed by atoms with Crippen molar-refractivity contribution in [1.29, 1.82) is 0 Å². The summed E-state index contributed by atoms with van der Waals surface area (Å²) in [7, 11) is 4.30. The van der Waals surface area contributed by atoms with Crippen molar-refractivity contribution in [2.24, 2.45) is 0 Å². The number of rotatable bonds is 4. The fourth-order valence-electron chi connectivity index (χ4n) is 7.63. The molecule has 0 radical (unpaired) electrons. The number of halogens is 2. The Kier molecular flexibility index (Phi) is 11.0. The number of hydrogen-bond donors (Lipinski definition) is 2. The molecule has 2 aliphatic carbocycles. The summed E-state index contributed by atoms with van der Waals surface area (Å²) in [5.74, 6) is -0.914. The van der Waals surface area contributed by atoms with E-state index in [-0.39, 0.29) is 18.7 Å². The monoisotopic (exact) mass is 812 g/mol. The van der Waals surface area contributed by atoms with E-state index in [0.717, 1.165) is 106 Å².